The van der Waals surface area contributed by atoms with E-state index in [0.717, 1.165) is 5.56 Å². The Balaban J connectivity index is 2.98. The second-order valence-electron chi connectivity index (χ2n) is 2.11. The van der Waals surface area contributed by atoms with Crippen molar-refractivity contribution in [2.45, 2.75) is 0 Å². The van der Waals surface area contributed by atoms with E-state index >= 15 is 0 Å². The van der Waals surface area contributed by atoms with Crippen LogP contribution in [0.15, 0.2) is 30.3 Å². The lowest BCUT2D eigenvalue weighted by molar-refractivity contribution is 1.46. The fraction of sp³-hybridized carbons (Fsp3) is 0. The average Bonchev–Trinajstić information content (AvgIpc) is 2.15. The predicted octanol–water partition coefficient (Wildman–Crippen LogP) is 1.79. The monoisotopic (exact) mass is 153 g/mol. The summed E-state index contributed by atoms with van der Waals surface area (Å²) in [6, 6.07) is 10.8. The number of benzene rings is 1. The average molecular weight is 153 g/mol. The van der Waals surface area contributed by atoms with Gasteiger partial charge >= 0.3 is 0 Å². The maximum absolute atomic E-state index is 8.53. The smallest absolute Gasteiger partial charge is 0.0991 e. The number of rotatable bonds is 1. The van der Waals surface area contributed by atoms with Crippen molar-refractivity contribution < 1.29 is 0 Å². The number of nitrogens with zero attached hydrogens (tertiary/aromatic N) is 2. The standard InChI is InChI=1S/C10H5N2/c11-6-2-5-9-3-1-4-10(7-9)8-12/h1-4,7H. The first-order chi connectivity index (χ1) is 5.86. The van der Waals surface area contributed by atoms with Crippen LogP contribution in [0, 0.1) is 28.7 Å². The van der Waals surface area contributed by atoms with E-state index in [2.05, 4.69) is 6.08 Å². The van der Waals surface area contributed by atoms with Gasteiger partial charge in [0, 0.05) is 12.2 Å². The van der Waals surface area contributed by atoms with Crippen molar-refractivity contribution in [3.63, 3.8) is 0 Å². The highest BCUT2D eigenvalue weighted by atomic mass is 14.2. The highest BCUT2D eigenvalue weighted by Crippen LogP contribution is 2.03. The van der Waals surface area contributed by atoms with Gasteiger partial charge in [-0.05, 0) is 17.7 Å². The lowest BCUT2D eigenvalue weighted by Gasteiger charge is -1.90. The molecule has 0 heterocycles. The van der Waals surface area contributed by atoms with Crippen molar-refractivity contribution in [3.05, 3.63) is 47.5 Å². The third kappa shape index (κ3) is 1.97. The second-order valence-corrected chi connectivity index (χ2v) is 2.11. The molecule has 2 nitrogen and oxygen atoms in total. The van der Waals surface area contributed by atoms with E-state index in [4.69, 9.17) is 10.5 Å². The number of allylic oxidation sites excluding steroid dienone is 1. The van der Waals surface area contributed by atoms with Gasteiger partial charge in [-0.15, -0.1) is 0 Å². The molecule has 0 N–H and O–H groups in total. The van der Waals surface area contributed by atoms with E-state index in [0.29, 0.717) is 5.56 Å². The molecule has 0 fully saturated rings. The summed E-state index contributed by atoms with van der Waals surface area (Å²) in [4.78, 5) is 0. The molecule has 0 aliphatic heterocycles. The molecule has 0 bridgehead atoms. The molecule has 1 aromatic rings. The Bertz CT molecular complexity index is 378. The molecule has 1 aromatic carbocycles. The first-order valence-corrected chi connectivity index (χ1v) is 3.35. The molecule has 0 saturated carbocycles. The first-order valence-electron chi connectivity index (χ1n) is 3.35. The van der Waals surface area contributed by atoms with Crippen LogP contribution in [-0.2, 0) is 0 Å². The van der Waals surface area contributed by atoms with Crippen LogP contribution < -0.4 is 0 Å². The first kappa shape index (κ1) is 8.04. The zero-order valence-electron chi connectivity index (χ0n) is 6.28. The van der Waals surface area contributed by atoms with Gasteiger partial charge in [-0.3, -0.25) is 0 Å². The molecule has 12 heavy (non-hydrogen) atoms. The van der Waals surface area contributed by atoms with E-state index in [1.165, 1.54) is 6.08 Å². The third-order valence-electron chi connectivity index (χ3n) is 1.30. The number of hydrogen-bond donors (Lipinski definition) is 0. The molecule has 0 saturated heterocycles. The van der Waals surface area contributed by atoms with Crippen LogP contribution in [0.3, 0.4) is 0 Å². The van der Waals surface area contributed by atoms with Crippen LogP contribution in [0.25, 0.3) is 0 Å². The van der Waals surface area contributed by atoms with Crippen LogP contribution >= 0.6 is 0 Å². The Labute approximate surface area is 71.0 Å². The summed E-state index contributed by atoms with van der Waals surface area (Å²) in [5, 5.41) is 16.8. The van der Waals surface area contributed by atoms with Gasteiger partial charge in [0.1, 0.15) is 0 Å². The molecule has 0 unspecified atom stereocenters. The molecule has 0 spiro atoms. The zero-order chi connectivity index (χ0) is 8.81. The molecule has 0 atom stereocenters. The van der Waals surface area contributed by atoms with Crippen molar-refractivity contribution in [1.82, 2.24) is 0 Å². The van der Waals surface area contributed by atoms with E-state index in [1.54, 1.807) is 24.3 Å². The molecular formula is C10H5N2. The molecular weight excluding hydrogens is 148 g/mol. The Kier molecular flexibility index (Phi) is 2.65. The fourth-order valence-electron chi connectivity index (χ4n) is 0.794. The summed E-state index contributed by atoms with van der Waals surface area (Å²) in [6.07, 6.45) is 3.99. The number of nitriles is 2. The Morgan fingerprint density at radius 2 is 1.92 bits per heavy atom. The van der Waals surface area contributed by atoms with E-state index in [9.17, 15) is 0 Å². The van der Waals surface area contributed by atoms with Gasteiger partial charge in [-0.2, -0.15) is 10.5 Å². The Morgan fingerprint density at radius 3 is 2.58 bits per heavy atom. The third-order valence-corrected chi connectivity index (χ3v) is 1.30. The van der Waals surface area contributed by atoms with Crippen LogP contribution in [0.5, 0.6) is 0 Å². The second kappa shape index (κ2) is 3.95. The molecule has 0 aliphatic rings. The van der Waals surface area contributed by atoms with Crippen molar-refractivity contribution in [1.29, 1.82) is 10.5 Å². The summed E-state index contributed by atoms with van der Waals surface area (Å²) in [5.41, 5.74) is 1.32. The predicted molar refractivity (Wildman–Crippen MR) is 43.7 cm³/mol. The summed E-state index contributed by atoms with van der Waals surface area (Å²) in [7, 11) is 0. The lowest BCUT2D eigenvalue weighted by atomic mass is 10.1. The largest absolute Gasteiger partial charge is 0.193 e. The Morgan fingerprint density at radius 1 is 1.17 bits per heavy atom. The topological polar surface area (TPSA) is 47.6 Å². The minimum absolute atomic E-state index is 0.575. The van der Waals surface area contributed by atoms with Gasteiger partial charge < -0.3 is 0 Å². The summed E-state index contributed by atoms with van der Waals surface area (Å²) in [5.74, 6) is 0. The van der Waals surface area contributed by atoms with Gasteiger partial charge in [0.25, 0.3) is 0 Å². The molecule has 0 amide bonds. The maximum atomic E-state index is 8.53. The van der Waals surface area contributed by atoms with Gasteiger partial charge in [-0.25, -0.2) is 0 Å². The summed E-state index contributed by atoms with van der Waals surface area (Å²) >= 11 is 0. The van der Waals surface area contributed by atoms with Crippen molar-refractivity contribution in [2.75, 3.05) is 0 Å². The normalized spacial score (nSPS) is 9.17. The van der Waals surface area contributed by atoms with Crippen molar-refractivity contribution in [2.24, 2.45) is 0 Å². The van der Waals surface area contributed by atoms with E-state index in [-0.39, 0.29) is 0 Å². The molecule has 2 heteroatoms. The fourth-order valence-corrected chi connectivity index (χ4v) is 0.794. The number of hydrogen-bond acceptors (Lipinski definition) is 2. The highest BCUT2D eigenvalue weighted by Gasteiger charge is 1.89. The molecule has 0 aliphatic carbocycles. The van der Waals surface area contributed by atoms with Crippen LogP contribution in [-0.4, -0.2) is 0 Å². The Hall–Kier alpha value is -2.06. The van der Waals surface area contributed by atoms with E-state index < -0.39 is 0 Å². The zero-order valence-corrected chi connectivity index (χ0v) is 6.28. The summed E-state index contributed by atoms with van der Waals surface area (Å²) in [6.45, 7) is 0. The minimum Gasteiger partial charge on any atom is -0.193 e. The highest BCUT2D eigenvalue weighted by molar-refractivity contribution is 5.35. The minimum atomic E-state index is 0.575. The van der Waals surface area contributed by atoms with Crippen LogP contribution in [0.1, 0.15) is 11.1 Å². The SMILES string of the molecule is N#C/C=[C]/c1cccc(C#N)c1. The maximum Gasteiger partial charge on any atom is 0.0991 e. The summed E-state index contributed by atoms with van der Waals surface area (Å²) < 4.78 is 0. The van der Waals surface area contributed by atoms with E-state index in [1.807, 2.05) is 12.1 Å². The van der Waals surface area contributed by atoms with Crippen LogP contribution in [0.4, 0.5) is 0 Å². The molecule has 0 aromatic heterocycles. The van der Waals surface area contributed by atoms with Crippen LogP contribution in [0.2, 0.25) is 0 Å². The lowest BCUT2D eigenvalue weighted by Crippen LogP contribution is -1.76. The molecule has 1 rings (SSSR count). The van der Waals surface area contributed by atoms with Crippen molar-refractivity contribution >= 4 is 0 Å². The molecule has 55 valence electrons. The van der Waals surface area contributed by atoms with Gasteiger partial charge in [0.2, 0.25) is 0 Å². The van der Waals surface area contributed by atoms with Crippen molar-refractivity contribution in [3.8, 4) is 12.1 Å². The quantitative estimate of drug-likeness (QED) is 0.577. The van der Waals surface area contributed by atoms with Gasteiger partial charge in [0.05, 0.1) is 17.7 Å². The van der Waals surface area contributed by atoms with Gasteiger partial charge in [-0.1, -0.05) is 12.1 Å². The molecule has 1 radical (unpaired) electrons. The van der Waals surface area contributed by atoms with Gasteiger partial charge in [0.15, 0.2) is 0 Å².